The van der Waals surface area contributed by atoms with E-state index in [0.29, 0.717) is 0 Å². The first-order valence-corrected chi connectivity index (χ1v) is 6.26. The van der Waals surface area contributed by atoms with E-state index < -0.39 is 0 Å². The van der Waals surface area contributed by atoms with Gasteiger partial charge in [-0.25, -0.2) is 0 Å². The molecule has 0 aliphatic carbocycles. The monoisotopic (exact) mass is 239 g/mol. The topological polar surface area (TPSA) is 23.8 Å². The van der Waals surface area contributed by atoms with Crippen molar-refractivity contribution in [1.29, 1.82) is 5.26 Å². The van der Waals surface area contributed by atoms with E-state index in [9.17, 15) is 0 Å². The summed E-state index contributed by atoms with van der Waals surface area (Å²) in [5.74, 6) is 0. The van der Waals surface area contributed by atoms with Crippen LogP contribution in [0.2, 0.25) is 0 Å². The van der Waals surface area contributed by atoms with E-state index in [2.05, 4.69) is 31.2 Å². The standard InChI is InChI=1S/C15H13NS/c1-11-7-8-13(10-16)15(9-11)17-14-6-4-3-5-12(14)2/h3-9H,1-2H3. The minimum absolute atomic E-state index is 0.740. The van der Waals surface area contributed by atoms with Crippen molar-refractivity contribution in [2.24, 2.45) is 0 Å². The van der Waals surface area contributed by atoms with Crippen LogP contribution in [-0.2, 0) is 0 Å². The fourth-order valence-electron chi connectivity index (χ4n) is 1.60. The molecule has 84 valence electrons. The van der Waals surface area contributed by atoms with Crippen molar-refractivity contribution in [3.05, 3.63) is 59.2 Å². The summed E-state index contributed by atoms with van der Waals surface area (Å²) in [6.07, 6.45) is 0. The number of benzene rings is 2. The maximum atomic E-state index is 9.09. The van der Waals surface area contributed by atoms with Gasteiger partial charge in [0.15, 0.2) is 0 Å². The van der Waals surface area contributed by atoms with Crippen molar-refractivity contribution in [2.75, 3.05) is 0 Å². The van der Waals surface area contributed by atoms with Crippen molar-refractivity contribution in [3.63, 3.8) is 0 Å². The van der Waals surface area contributed by atoms with Gasteiger partial charge in [-0.3, -0.25) is 0 Å². The van der Waals surface area contributed by atoms with Crippen molar-refractivity contribution in [1.82, 2.24) is 0 Å². The molecule has 0 spiro atoms. The fraction of sp³-hybridized carbons (Fsp3) is 0.133. The first kappa shape index (κ1) is 11.8. The Hall–Kier alpha value is -1.72. The molecule has 0 aromatic heterocycles. The molecule has 0 heterocycles. The second-order valence-corrected chi connectivity index (χ2v) is 5.06. The lowest BCUT2D eigenvalue weighted by molar-refractivity contribution is 1.27. The van der Waals surface area contributed by atoms with Gasteiger partial charge in [-0.05, 0) is 43.2 Å². The Labute approximate surface area is 106 Å². The Morgan fingerprint density at radius 2 is 1.76 bits per heavy atom. The molecule has 2 aromatic rings. The molecule has 0 saturated heterocycles. The molecule has 0 N–H and O–H groups in total. The van der Waals surface area contributed by atoms with Crippen molar-refractivity contribution in [2.45, 2.75) is 23.6 Å². The molecule has 2 heteroatoms. The molecule has 0 aliphatic heterocycles. The second-order valence-electron chi connectivity index (χ2n) is 3.98. The third-order valence-electron chi connectivity index (χ3n) is 2.57. The van der Waals surface area contributed by atoms with E-state index in [1.165, 1.54) is 16.0 Å². The van der Waals surface area contributed by atoms with Gasteiger partial charge in [0.1, 0.15) is 6.07 Å². The fourth-order valence-corrected chi connectivity index (χ4v) is 2.68. The molecular formula is C15H13NS. The second kappa shape index (κ2) is 5.07. The maximum absolute atomic E-state index is 9.09. The molecule has 2 rings (SSSR count). The van der Waals surface area contributed by atoms with Crippen LogP contribution in [0, 0.1) is 25.2 Å². The van der Waals surface area contributed by atoms with Gasteiger partial charge in [0.05, 0.1) is 5.56 Å². The van der Waals surface area contributed by atoms with Crippen LogP contribution in [0.5, 0.6) is 0 Å². The quantitative estimate of drug-likeness (QED) is 0.779. The summed E-state index contributed by atoms with van der Waals surface area (Å²) in [5, 5.41) is 9.09. The average Bonchev–Trinajstić information content (AvgIpc) is 2.32. The molecule has 0 unspecified atom stereocenters. The van der Waals surface area contributed by atoms with Gasteiger partial charge in [0.25, 0.3) is 0 Å². The van der Waals surface area contributed by atoms with Gasteiger partial charge in [0.2, 0.25) is 0 Å². The van der Waals surface area contributed by atoms with E-state index in [0.717, 1.165) is 10.5 Å². The maximum Gasteiger partial charge on any atom is 0.100 e. The highest BCUT2D eigenvalue weighted by molar-refractivity contribution is 7.99. The van der Waals surface area contributed by atoms with Crippen LogP contribution < -0.4 is 0 Å². The molecule has 1 nitrogen and oxygen atoms in total. The molecule has 0 bridgehead atoms. The molecule has 0 radical (unpaired) electrons. The van der Waals surface area contributed by atoms with Crippen LogP contribution in [0.25, 0.3) is 0 Å². The van der Waals surface area contributed by atoms with Crippen LogP contribution in [-0.4, -0.2) is 0 Å². The van der Waals surface area contributed by atoms with Gasteiger partial charge in [-0.2, -0.15) is 5.26 Å². The summed E-state index contributed by atoms with van der Waals surface area (Å²) in [6, 6.07) is 16.4. The minimum atomic E-state index is 0.740. The number of rotatable bonds is 2. The number of aryl methyl sites for hydroxylation is 2. The van der Waals surface area contributed by atoms with Crippen LogP contribution in [0.15, 0.2) is 52.3 Å². The predicted molar refractivity (Wildman–Crippen MR) is 71.2 cm³/mol. The SMILES string of the molecule is Cc1ccc(C#N)c(Sc2ccccc2C)c1. The number of nitrogens with zero attached hydrogens (tertiary/aromatic N) is 1. The molecular weight excluding hydrogens is 226 g/mol. The van der Waals surface area contributed by atoms with E-state index in [1.807, 2.05) is 31.2 Å². The summed E-state index contributed by atoms with van der Waals surface area (Å²) >= 11 is 1.66. The first-order chi connectivity index (χ1) is 8.20. The zero-order valence-electron chi connectivity index (χ0n) is 9.90. The Morgan fingerprint density at radius 3 is 2.47 bits per heavy atom. The normalized spacial score (nSPS) is 9.94. The summed E-state index contributed by atoms with van der Waals surface area (Å²) in [4.78, 5) is 2.23. The summed E-state index contributed by atoms with van der Waals surface area (Å²) in [7, 11) is 0. The van der Waals surface area contributed by atoms with Crippen molar-refractivity contribution >= 4 is 11.8 Å². The van der Waals surface area contributed by atoms with Gasteiger partial charge >= 0.3 is 0 Å². The van der Waals surface area contributed by atoms with Crippen molar-refractivity contribution < 1.29 is 0 Å². The summed E-state index contributed by atoms with van der Waals surface area (Å²) in [6.45, 7) is 4.13. The average molecular weight is 239 g/mol. The van der Waals surface area contributed by atoms with Crippen molar-refractivity contribution in [3.8, 4) is 6.07 Å². The lowest BCUT2D eigenvalue weighted by atomic mass is 10.2. The van der Waals surface area contributed by atoms with Crippen LogP contribution >= 0.6 is 11.8 Å². The summed E-state index contributed by atoms with van der Waals surface area (Å²) < 4.78 is 0. The first-order valence-electron chi connectivity index (χ1n) is 5.45. The van der Waals surface area contributed by atoms with E-state index in [1.54, 1.807) is 11.8 Å². The zero-order valence-corrected chi connectivity index (χ0v) is 10.7. The smallest absolute Gasteiger partial charge is 0.100 e. The largest absolute Gasteiger partial charge is 0.192 e. The number of nitriles is 1. The predicted octanol–water partition coefficient (Wildman–Crippen LogP) is 4.33. The Bertz CT molecular complexity index is 582. The Morgan fingerprint density at radius 1 is 1.00 bits per heavy atom. The van der Waals surface area contributed by atoms with E-state index >= 15 is 0 Å². The molecule has 2 aromatic carbocycles. The molecule has 0 atom stereocenters. The van der Waals surface area contributed by atoms with Crippen LogP contribution in [0.4, 0.5) is 0 Å². The van der Waals surface area contributed by atoms with Gasteiger partial charge in [-0.1, -0.05) is 36.0 Å². The van der Waals surface area contributed by atoms with E-state index in [-0.39, 0.29) is 0 Å². The van der Waals surface area contributed by atoms with Crippen LogP contribution in [0.1, 0.15) is 16.7 Å². The lowest BCUT2D eigenvalue weighted by Gasteiger charge is -2.07. The Kier molecular flexibility index (Phi) is 3.51. The van der Waals surface area contributed by atoms with E-state index in [4.69, 9.17) is 5.26 Å². The highest BCUT2D eigenvalue weighted by atomic mass is 32.2. The molecule has 0 amide bonds. The zero-order chi connectivity index (χ0) is 12.3. The van der Waals surface area contributed by atoms with Gasteiger partial charge in [-0.15, -0.1) is 0 Å². The highest BCUT2D eigenvalue weighted by Crippen LogP contribution is 2.32. The highest BCUT2D eigenvalue weighted by Gasteiger charge is 2.05. The molecule has 0 aliphatic rings. The molecule has 0 fully saturated rings. The van der Waals surface area contributed by atoms with Crippen LogP contribution in [0.3, 0.4) is 0 Å². The third kappa shape index (κ3) is 2.69. The number of hydrogen-bond acceptors (Lipinski definition) is 2. The minimum Gasteiger partial charge on any atom is -0.192 e. The van der Waals surface area contributed by atoms with Gasteiger partial charge in [0, 0.05) is 9.79 Å². The molecule has 17 heavy (non-hydrogen) atoms. The van der Waals surface area contributed by atoms with Gasteiger partial charge < -0.3 is 0 Å². The third-order valence-corrected chi connectivity index (χ3v) is 3.81. The molecule has 0 saturated carbocycles. The Balaban J connectivity index is 2.40. The number of hydrogen-bond donors (Lipinski definition) is 0. The summed E-state index contributed by atoms with van der Waals surface area (Å²) in [5.41, 5.74) is 3.16. The lowest BCUT2D eigenvalue weighted by Crippen LogP contribution is -1.84.